The summed E-state index contributed by atoms with van der Waals surface area (Å²) in [5, 5.41) is 2.84. The molecule has 20 heavy (non-hydrogen) atoms. The van der Waals surface area contributed by atoms with E-state index in [1.54, 1.807) is 0 Å². The first-order chi connectivity index (χ1) is 9.55. The highest BCUT2D eigenvalue weighted by Crippen LogP contribution is 2.08. The Morgan fingerprint density at radius 3 is 2.45 bits per heavy atom. The van der Waals surface area contributed by atoms with E-state index in [9.17, 15) is 9.59 Å². The maximum atomic E-state index is 11.9. The van der Waals surface area contributed by atoms with Crippen LogP contribution in [0.15, 0.2) is 24.3 Å². The van der Waals surface area contributed by atoms with Gasteiger partial charge in [-0.15, -0.1) is 0 Å². The van der Waals surface area contributed by atoms with Crippen LogP contribution in [-0.2, 0) is 14.3 Å². The number of aryl methyl sites for hydroxylation is 1. The predicted octanol–water partition coefficient (Wildman–Crippen LogP) is 1.82. The van der Waals surface area contributed by atoms with Gasteiger partial charge in [-0.3, -0.25) is 14.5 Å². The molecule has 0 unspecified atom stereocenters. The van der Waals surface area contributed by atoms with Crippen LogP contribution in [0.2, 0.25) is 0 Å². The Morgan fingerprint density at radius 1 is 1.25 bits per heavy atom. The van der Waals surface area contributed by atoms with Gasteiger partial charge >= 0.3 is 5.97 Å². The van der Waals surface area contributed by atoms with Crippen LogP contribution in [0, 0.1) is 6.92 Å². The summed E-state index contributed by atoms with van der Waals surface area (Å²) in [4.78, 5) is 24.9. The zero-order valence-electron chi connectivity index (χ0n) is 12.3. The van der Waals surface area contributed by atoms with Crippen molar-refractivity contribution in [3.05, 3.63) is 29.8 Å². The molecule has 0 bridgehead atoms. The van der Waals surface area contributed by atoms with E-state index < -0.39 is 0 Å². The Kier molecular flexibility index (Phi) is 6.73. The van der Waals surface area contributed by atoms with E-state index in [4.69, 9.17) is 0 Å². The lowest BCUT2D eigenvalue weighted by Gasteiger charge is -2.19. The molecule has 0 radical (unpaired) electrons. The molecule has 1 rings (SSSR count). The molecule has 1 aromatic rings. The number of anilines is 1. The third-order valence-corrected chi connectivity index (χ3v) is 3.01. The number of carbonyl (C=O) groups is 2. The number of nitrogens with zero attached hydrogens (tertiary/aromatic N) is 1. The van der Waals surface area contributed by atoms with Gasteiger partial charge in [-0.25, -0.2) is 0 Å². The van der Waals surface area contributed by atoms with Crippen molar-refractivity contribution in [2.75, 3.05) is 32.1 Å². The number of methoxy groups -OCH3 is 1. The van der Waals surface area contributed by atoms with E-state index in [1.165, 1.54) is 7.11 Å². The molecular weight excluding hydrogens is 256 g/mol. The van der Waals surface area contributed by atoms with E-state index in [0.29, 0.717) is 19.5 Å². The van der Waals surface area contributed by atoms with Gasteiger partial charge in [0.05, 0.1) is 20.1 Å². The third-order valence-electron chi connectivity index (χ3n) is 3.01. The van der Waals surface area contributed by atoms with Crippen LogP contribution in [0.3, 0.4) is 0 Å². The lowest BCUT2D eigenvalue weighted by atomic mass is 10.2. The summed E-state index contributed by atoms with van der Waals surface area (Å²) in [6.45, 7) is 5.44. The second-order valence-electron chi connectivity index (χ2n) is 4.61. The molecule has 1 amide bonds. The Morgan fingerprint density at radius 2 is 1.90 bits per heavy atom. The Hall–Kier alpha value is -1.88. The number of rotatable bonds is 7. The number of hydrogen-bond acceptors (Lipinski definition) is 4. The number of hydrogen-bond donors (Lipinski definition) is 1. The van der Waals surface area contributed by atoms with E-state index in [2.05, 4.69) is 10.1 Å². The summed E-state index contributed by atoms with van der Waals surface area (Å²) < 4.78 is 4.59. The number of ether oxygens (including phenoxy) is 1. The molecule has 1 N–H and O–H groups in total. The number of amides is 1. The third kappa shape index (κ3) is 5.84. The molecule has 5 heteroatoms. The van der Waals surface area contributed by atoms with Gasteiger partial charge in [0.25, 0.3) is 0 Å². The zero-order chi connectivity index (χ0) is 15.0. The topological polar surface area (TPSA) is 58.6 Å². The number of nitrogens with one attached hydrogen (secondary N) is 1. The van der Waals surface area contributed by atoms with Crippen molar-refractivity contribution in [3.63, 3.8) is 0 Å². The first-order valence-electron chi connectivity index (χ1n) is 6.70. The van der Waals surface area contributed by atoms with Crippen LogP contribution < -0.4 is 5.32 Å². The van der Waals surface area contributed by atoms with Crippen molar-refractivity contribution < 1.29 is 14.3 Å². The van der Waals surface area contributed by atoms with Crippen LogP contribution in [-0.4, -0.2) is 43.5 Å². The molecule has 0 heterocycles. The molecule has 0 aliphatic heterocycles. The molecule has 0 saturated heterocycles. The van der Waals surface area contributed by atoms with Crippen LogP contribution in [0.5, 0.6) is 0 Å². The van der Waals surface area contributed by atoms with E-state index in [0.717, 1.165) is 11.3 Å². The van der Waals surface area contributed by atoms with Crippen LogP contribution in [0.25, 0.3) is 0 Å². The molecule has 0 atom stereocenters. The minimum Gasteiger partial charge on any atom is -0.469 e. The van der Waals surface area contributed by atoms with Gasteiger partial charge in [-0.05, 0) is 25.6 Å². The van der Waals surface area contributed by atoms with E-state index in [-0.39, 0.29) is 18.4 Å². The highest BCUT2D eigenvalue weighted by Gasteiger charge is 2.11. The van der Waals surface area contributed by atoms with Crippen molar-refractivity contribution in [2.45, 2.75) is 20.3 Å². The molecule has 0 aliphatic rings. The highest BCUT2D eigenvalue weighted by atomic mass is 16.5. The molecule has 0 aromatic heterocycles. The Bertz CT molecular complexity index is 443. The Balaban J connectivity index is 2.42. The summed E-state index contributed by atoms with van der Waals surface area (Å²) in [6, 6.07) is 7.64. The molecular formula is C15H22N2O3. The minimum absolute atomic E-state index is 0.0828. The van der Waals surface area contributed by atoms with E-state index >= 15 is 0 Å². The van der Waals surface area contributed by atoms with Crippen LogP contribution in [0.4, 0.5) is 5.69 Å². The van der Waals surface area contributed by atoms with Crippen molar-refractivity contribution in [3.8, 4) is 0 Å². The summed E-state index contributed by atoms with van der Waals surface area (Å²) in [5.74, 6) is -0.344. The average molecular weight is 278 g/mol. The Labute approximate surface area is 119 Å². The quantitative estimate of drug-likeness (QED) is 0.773. The van der Waals surface area contributed by atoms with Crippen molar-refractivity contribution in [2.24, 2.45) is 0 Å². The first-order valence-corrected chi connectivity index (χ1v) is 6.70. The lowest BCUT2D eigenvalue weighted by molar-refractivity contribution is -0.141. The standard InChI is InChI=1S/C15H22N2O3/c1-4-17(10-9-15(19)20-3)11-14(18)16-13-7-5-12(2)6-8-13/h5-8H,4,9-11H2,1-3H3,(H,16,18). The monoisotopic (exact) mass is 278 g/mol. The second kappa shape index (κ2) is 8.32. The van der Waals surface area contributed by atoms with Gasteiger partial charge in [-0.2, -0.15) is 0 Å². The molecule has 0 saturated carbocycles. The van der Waals surface area contributed by atoms with Gasteiger partial charge in [0.15, 0.2) is 0 Å². The van der Waals surface area contributed by atoms with Crippen molar-refractivity contribution in [1.29, 1.82) is 0 Å². The fourth-order valence-electron chi connectivity index (χ4n) is 1.74. The molecule has 0 spiro atoms. The van der Waals surface area contributed by atoms with Gasteiger partial charge < -0.3 is 10.1 Å². The zero-order valence-corrected chi connectivity index (χ0v) is 12.3. The summed E-state index contributed by atoms with van der Waals surface area (Å²) in [5.41, 5.74) is 1.93. The van der Waals surface area contributed by atoms with Crippen LogP contribution in [0.1, 0.15) is 18.9 Å². The normalized spacial score (nSPS) is 10.4. The van der Waals surface area contributed by atoms with Gasteiger partial charge in [0.2, 0.25) is 5.91 Å². The average Bonchev–Trinajstić information content (AvgIpc) is 2.45. The predicted molar refractivity (Wildman–Crippen MR) is 78.6 cm³/mol. The SMILES string of the molecule is CCN(CCC(=O)OC)CC(=O)Nc1ccc(C)cc1. The molecule has 1 aromatic carbocycles. The minimum atomic E-state index is -0.262. The fourth-order valence-corrected chi connectivity index (χ4v) is 1.74. The summed E-state index contributed by atoms with van der Waals surface area (Å²) in [6.07, 6.45) is 0.294. The van der Waals surface area contributed by atoms with Crippen LogP contribution >= 0.6 is 0 Å². The van der Waals surface area contributed by atoms with Crippen molar-refractivity contribution in [1.82, 2.24) is 4.90 Å². The number of likely N-dealkylation sites (N-methyl/N-ethyl adjacent to an activating group) is 1. The summed E-state index contributed by atoms with van der Waals surface area (Å²) in [7, 11) is 1.36. The van der Waals surface area contributed by atoms with Gasteiger partial charge in [0.1, 0.15) is 0 Å². The number of carbonyl (C=O) groups excluding carboxylic acids is 2. The maximum Gasteiger partial charge on any atom is 0.306 e. The van der Waals surface area contributed by atoms with E-state index in [1.807, 2.05) is 43.0 Å². The highest BCUT2D eigenvalue weighted by molar-refractivity contribution is 5.92. The largest absolute Gasteiger partial charge is 0.469 e. The molecule has 110 valence electrons. The summed E-state index contributed by atoms with van der Waals surface area (Å²) >= 11 is 0. The number of benzene rings is 1. The fraction of sp³-hybridized carbons (Fsp3) is 0.467. The number of esters is 1. The van der Waals surface area contributed by atoms with Crippen molar-refractivity contribution >= 4 is 17.6 Å². The smallest absolute Gasteiger partial charge is 0.306 e. The lowest BCUT2D eigenvalue weighted by Crippen LogP contribution is -2.34. The molecule has 0 aliphatic carbocycles. The second-order valence-corrected chi connectivity index (χ2v) is 4.61. The molecule has 0 fully saturated rings. The first kappa shape index (κ1) is 16.2. The maximum absolute atomic E-state index is 11.9. The van der Waals surface area contributed by atoms with Gasteiger partial charge in [0, 0.05) is 12.2 Å². The van der Waals surface area contributed by atoms with Gasteiger partial charge in [-0.1, -0.05) is 24.6 Å². The molecule has 5 nitrogen and oxygen atoms in total.